The van der Waals surface area contributed by atoms with Crippen molar-refractivity contribution in [3.63, 3.8) is 0 Å². The number of sulfonamides is 1. The number of ether oxygens (including phenoxy) is 1. The van der Waals surface area contributed by atoms with Gasteiger partial charge in [-0.3, -0.25) is 0 Å². The molecule has 1 unspecified atom stereocenters. The number of hydrogen-bond donors (Lipinski definition) is 1. The molecule has 0 radical (unpaired) electrons. The van der Waals surface area contributed by atoms with E-state index in [1.807, 2.05) is 37.3 Å². The minimum atomic E-state index is -3.32. The maximum atomic E-state index is 12.6. The molecule has 0 aliphatic carbocycles. The monoisotopic (exact) mass is 314 g/mol. The molecule has 21 heavy (non-hydrogen) atoms. The fraction of sp³-hybridized carbons (Fsp3) is 0.600. The van der Waals surface area contributed by atoms with E-state index in [9.17, 15) is 8.42 Å². The molecule has 1 atom stereocenters. The lowest BCUT2D eigenvalue weighted by Crippen LogP contribution is -2.38. The van der Waals surface area contributed by atoms with Gasteiger partial charge in [0.05, 0.1) is 12.4 Å². The summed E-state index contributed by atoms with van der Waals surface area (Å²) < 4.78 is 31.6. The summed E-state index contributed by atoms with van der Waals surface area (Å²) in [6.45, 7) is 3.63. The number of methoxy groups -OCH3 is 1. The lowest BCUT2D eigenvalue weighted by Gasteiger charge is -2.23. The van der Waals surface area contributed by atoms with Crippen LogP contribution in [-0.2, 0) is 14.8 Å². The molecule has 120 valence electrons. The number of nitrogens with zero attached hydrogens (tertiary/aromatic N) is 1. The third kappa shape index (κ3) is 6.13. The minimum Gasteiger partial charge on any atom is -0.383 e. The van der Waals surface area contributed by atoms with Crippen LogP contribution in [0.3, 0.4) is 0 Å². The first-order valence-corrected chi connectivity index (χ1v) is 8.84. The van der Waals surface area contributed by atoms with Gasteiger partial charge in [0.15, 0.2) is 0 Å². The fourth-order valence-electron chi connectivity index (χ4n) is 2.15. The number of benzene rings is 1. The molecular formula is C15H26N2O3S. The molecule has 1 rings (SSSR count). The first-order chi connectivity index (χ1) is 10.0. The molecule has 0 saturated carbocycles. The second-order valence-corrected chi connectivity index (χ2v) is 7.14. The highest BCUT2D eigenvalue weighted by Gasteiger charge is 2.24. The lowest BCUT2D eigenvalue weighted by atomic mass is 10.0. The highest BCUT2D eigenvalue weighted by Crippen LogP contribution is 2.18. The van der Waals surface area contributed by atoms with Gasteiger partial charge in [-0.25, -0.2) is 8.42 Å². The molecule has 0 saturated heterocycles. The summed E-state index contributed by atoms with van der Waals surface area (Å²) in [5, 5.41) is 0. The first kappa shape index (κ1) is 18.1. The van der Waals surface area contributed by atoms with Crippen LogP contribution in [0.2, 0.25) is 0 Å². The van der Waals surface area contributed by atoms with Gasteiger partial charge >= 0.3 is 0 Å². The van der Waals surface area contributed by atoms with Crippen molar-refractivity contribution in [2.75, 3.05) is 39.1 Å². The molecular weight excluding hydrogens is 288 g/mol. The van der Waals surface area contributed by atoms with Gasteiger partial charge < -0.3 is 10.5 Å². The van der Waals surface area contributed by atoms with E-state index >= 15 is 0 Å². The minimum absolute atomic E-state index is 0.0425. The summed E-state index contributed by atoms with van der Waals surface area (Å²) in [4.78, 5) is 0. The third-order valence-electron chi connectivity index (χ3n) is 3.38. The second-order valence-electron chi connectivity index (χ2n) is 5.12. The summed E-state index contributed by atoms with van der Waals surface area (Å²) in [5.74, 6) is 0.0600. The van der Waals surface area contributed by atoms with Crippen molar-refractivity contribution in [2.45, 2.75) is 19.3 Å². The van der Waals surface area contributed by atoms with Gasteiger partial charge in [-0.1, -0.05) is 37.3 Å². The van der Waals surface area contributed by atoms with Crippen LogP contribution in [0, 0.1) is 0 Å². The van der Waals surface area contributed by atoms with Crippen LogP contribution >= 0.6 is 0 Å². The van der Waals surface area contributed by atoms with Crippen LogP contribution in [0.5, 0.6) is 0 Å². The van der Waals surface area contributed by atoms with Gasteiger partial charge in [-0.2, -0.15) is 4.31 Å². The molecule has 0 spiro atoms. The van der Waals surface area contributed by atoms with Crippen molar-refractivity contribution in [1.29, 1.82) is 0 Å². The molecule has 6 heteroatoms. The molecule has 0 aliphatic heterocycles. The van der Waals surface area contributed by atoms with Crippen LogP contribution in [0.25, 0.3) is 0 Å². The van der Waals surface area contributed by atoms with Gasteiger partial charge in [0.2, 0.25) is 10.0 Å². The summed E-state index contributed by atoms with van der Waals surface area (Å²) in [5.41, 5.74) is 6.52. The Labute approximate surface area is 128 Å². The standard InChI is InChI=1S/C15H26N2O3S/c1-14(15-7-4-3-5-8-15)13-21(18,19)17(10-6-9-16)11-12-20-2/h3-5,7-8,14H,6,9-13,16H2,1-2H3. The molecule has 0 fully saturated rings. The Morgan fingerprint density at radius 3 is 2.48 bits per heavy atom. The van der Waals surface area contributed by atoms with Crippen molar-refractivity contribution in [1.82, 2.24) is 4.31 Å². The van der Waals surface area contributed by atoms with Gasteiger partial charge in [-0.15, -0.1) is 0 Å². The Morgan fingerprint density at radius 1 is 1.24 bits per heavy atom. The maximum Gasteiger partial charge on any atom is 0.214 e. The highest BCUT2D eigenvalue weighted by molar-refractivity contribution is 7.89. The van der Waals surface area contributed by atoms with Crippen LogP contribution in [0.4, 0.5) is 0 Å². The average Bonchev–Trinajstić information content (AvgIpc) is 2.47. The van der Waals surface area contributed by atoms with Gasteiger partial charge in [0.25, 0.3) is 0 Å². The number of nitrogens with two attached hydrogens (primary N) is 1. The molecule has 1 aromatic carbocycles. The maximum absolute atomic E-state index is 12.6. The van der Waals surface area contributed by atoms with Crippen LogP contribution in [-0.4, -0.2) is 51.8 Å². The molecule has 2 N–H and O–H groups in total. The van der Waals surface area contributed by atoms with Gasteiger partial charge in [0, 0.05) is 20.2 Å². The summed E-state index contributed by atoms with van der Waals surface area (Å²) in [7, 11) is -1.75. The van der Waals surface area contributed by atoms with E-state index in [1.165, 1.54) is 4.31 Å². The summed E-state index contributed by atoms with van der Waals surface area (Å²) in [6.07, 6.45) is 0.655. The Morgan fingerprint density at radius 2 is 1.90 bits per heavy atom. The summed E-state index contributed by atoms with van der Waals surface area (Å²) in [6, 6.07) is 9.70. The van der Waals surface area contributed by atoms with E-state index in [1.54, 1.807) is 7.11 Å². The van der Waals surface area contributed by atoms with Crippen molar-refractivity contribution >= 4 is 10.0 Å². The van der Waals surface area contributed by atoms with Crippen LogP contribution < -0.4 is 5.73 Å². The number of rotatable bonds is 10. The molecule has 0 amide bonds. The van der Waals surface area contributed by atoms with Gasteiger partial charge in [-0.05, 0) is 24.4 Å². The Kier molecular flexibility index (Phi) is 7.88. The molecule has 0 aromatic heterocycles. The summed E-state index contributed by atoms with van der Waals surface area (Å²) >= 11 is 0. The topological polar surface area (TPSA) is 72.6 Å². The van der Waals surface area contributed by atoms with Crippen molar-refractivity contribution < 1.29 is 13.2 Å². The van der Waals surface area contributed by atoms with Crippen LogP contribution in [0.15, 0.2) is 30.3 Å². The van der Waals surface area contributed by atoms with E-state index < -0.39 is 10.0 Å². The highest BCUT2D eigenvalue weighted by atomic mass is 32.2. The SMILES string of the molecule is COCCN(CCCN)S(=O)(=O)CC(C)c1ccccc1. The quantitative estimate of drug-likeness (QED) is 0.709. The zero-order chi connectivity index (χ0) is 15.7. The molecule has 5 nitrogen and oxygen atoms in total. The number of hydrogen-bond acceptors (Lipinski definition) is 4. The predicted molar refractivity (Wildman–Crippen MR) is 85.8 cm³/mol. The van der Waals surface area contributed by atoms with E-state index in [0.717, 1.165) is 5.56 Å². The van der Waals surface area contributed by atoms with E-state index in [2.05, 4.69) is 0 Å². The fourth-order valence-corrected chi connectivity index (χ4v) is 3.94. The first-order valence-electron chi connectivity index (χ1n) is 7.23. The average molecular weight is 314 g/mol. The normalized spacial score (nSPS) is 13.5. The Bertz CT molecular complexity index is 483. The largest absolute Gasteiger partial charge is 0.383 e. The van der Waals surface area contributed by atoms with Crippen molar-refractivity contribution in [3.8, 4) is 0 Å². The van der Waals surface area contributed by atoms with E-state index in [4.69, 9.17) is 10.5 Å². The zero-order valence-electron chi connectivity index (χ0n) is 12.9. The Hall–Kier alpha value is -0.950. The van der Waals surface area contributed by atoms with Gasteiger partial charge in [0.1, 0.15) is 0 Å². The third-order valence-corrected chi connectivity index (χ3v) is 5.45. The molecule has 0 aliphatic rings. The smallest absolute Gasteiger partial charge is 0.214 e. The molecule has 0 bridgehead atoms. The molecule has 1 aromatic rings. The predicted octanol–water partition coefficient (Wildman–Crippen LogP) is 1.42. The zero-order valence-corrected chi connectivity index (χ0v) is 13.7. The Balaban J connectivity index is 2.75. The lowest BCUT2D eigenvalue weighted by molar-refractivity contribution is 0.178. The molecule has 0 heterocycles. The van der Waals surface area contributed by atoms with Crippen molar-refractivity contribution in [2.24, 2.45) is 5.73 Å². The van der Waals surface area contributed by atoms with E-state index in [0.29, 0.717) is 32.7 Å². The van der Waals surface area contributed by atoms with E-state index in [-0.39, 0.29) is 11.7 Å². The van der Waals surface area contributed by atoms with Crippen LogP contribution in [0.1, 0.15) is 24.8 Å². The van der Waals surface area contributed by atoms with Crippen molar-refractivity contribution in [3.05, 3.63) is 35.9 Å². The second kappa shape index (κ2) is 9.15.